The second-order valence-electron chi connectivity index (χ2n) is 5.88. The number of carbonyl (C=O) groups is 1. The van der Waals surface area contributed by atoms with Gasteiger partial charge in [0.2, 0.25) is 0 Å². The summed E-state index contributed by atoms with van der Waals surface area (Å²) in [6.07, 6.45) is 3.20. The molecular weight excluding hydrogens is 292 g/mol. The summed E-state index contributed by atoms with van der Waals surface area (Å²) in [6, 6.07) is 9.78. The van der Waals surface area contributed by atoms with Crippen molar-refractivity contribution in [3.63, 3.8) is 0 Å². The van der Waals surface area contributed by atoms with Gasteiger partial charge in [0.05, 0.1) is 23.2 Å². The number of hydrogen-bond acceptors (Lipinski definition) is 4. The molecule has 1 atom stereocenters. The van der Waals surface area contributed by atoms with Crippen molar-refractivity contribution in [2.24, 2.45) is 0 Å². The Morgan fingerprint density at radius 3 is 2.78 bits per heavy atom. The van der Waals surface area contributed by atoms with E-state index in [1.807, 2.05) is 44.2 Å². The zero-order valence-electron chi connectivity index (χ0n) is 13.6. The van der Waals surface area contributed by atoms with Crippen LogP contribution >= 0.6 is 0 Å². The van der Waals surface area contributed by atoms with Gasteiger partial charge in [-0.1, -0.05) is 18.2 Å². The molecule has 122 valence electrons. The van der Waals surface area contributed by atoms with E-state index >= 15 is 0 Å². The first-order valence-corrected chi connectivity index (χ1v) is 8.07. The molecule has 1 aromatic heterocycles. The number of benzene rings is 1. The largest absolute Gasteiger partial charge is 0.459 e. The highest BCUT2D eigenvalue weighted by Gasteiger charge is 2.22. The molecule has 0 amide bonds. The molecule has 0 saturated carbocycles. The van der Waals surface area contributed by atoms with Gasteiger partial charge in [-0.2, -0.15) is 5.10 Å². The summed E-state index contributed by atoms with van der Waals surface area (Å²) in [4.78, 5) is 12.4. The molecule has 0 spiro atoms. The Hall–Kier alpha value is -2.14. The summed E-state index contributed by atoms with van der Waals surface area (Å²) in [5.41, 5.74) is 2.96. The fraction of sp³-hybridized carbons (Fsp3) is 0.444. The van der Waals surface area contributed by atoms with Crippen LogP contribution in [-0.2, 0) is 9.47 Å². The maximum absolute atomic E-state index is 12.4. The molecule has 23 heavy (non-hydrogen) atoms. The Balaban J connectivity index is 1.74. The second-order valence-corrected chi connectivity index (χ2v) is 5.88. The van der Waals surface area contributed by atoms with E-state index in [4.69, 9.17) is 9.47 Å². The predicted molar refractivity (Wildman–Crippen MR) is 86.9 cm³/mol. The fourth-order valence-electron chi connectivity index (χ4n) is 2.94. The maximum atomic E-state index is 12.4. The number of rotatable bonds is 4. The van der Waals surface area contributed by atoms with Gasteiger partial charge in [0.25, 0.3) is 0 Å². The molecule has 2 aromatic rings. The minimum absolute atomic E-state index is 0.0254. The topological polar surface area (TPSA) is 53.4 Å². The van der Waals surface area contributed by atoms with Crippen molar-refractivity contribution in [2.45, 2.75) is 39.2 Å². The highest BCUT2D eigenvalue weighted by molar-refractivity contribution is 5.92. The molecular formula is C18H22N2O3. The van der Waals surface area contributed by atoms with Crippen LogP contribution in [0.5, 0.6) is 0 Å². The molecule has 5 nitrogen and oxygen atoms in total. The quantitative estimate of drug-likeness (QED) is 0.813. The van der Waals surface area contributed by atoms with Gasteiger partial charge in [0.1, 0.15) is 12.2 Å². The minimum Gasteiger partial charge on any atom is -0.459 e. The third-order valence-corrected chi connectivity index (χ3v) is 4.17. The number of hydrogen-bond donors (Lipinski definition) is 0. The highest BCUT2D eigenvalue weighted by Crippen LogP contribution is 2.20. The molecule has 1 aromatic carbocycles. The number of nitrogens with zero attached hydrogens (tertiary/aromatic N) is 2. The molecule has 0 radical (unpaired) electrons. The predicted octanol–water partition coefficient (Wildman–Crippen LogP) is 3.22. The maximum Gasteiger partial charge on any atom is 0.342 e. The van der Waals surface area contributed by atoms with Crippen molar-refractivity contribution >= 4 is 5.97 Å². The zero-order chi connectivity index (χ0) is 16.2. The van der Waals surface area contributed by atoms with Gasteiger partial charge in [-0.3, -0.25) is 0 Å². The Morgan fingerprint density at radius 1 is 1.30 bits per heavy atom. The van der Waals surface area contributed by atoms with Crippen LogP contribution in [0.2, 0.25) is 0 Å². The Kier molecular flexibility index (Phi) is 4.76. The van der Waals surface area contributed by atoms with Gasteiger partial charge < -0.3 is 9.47 Å². The Labute approximate surface area is 136 Å². The first-order valence-electron chi connectivity index (χ1n) is 8.07. The van der Waals surface area contributed by atoms with Crippen LogP contribution in [0.4, 0.5) is 0 Å². The first kappa shape index (κ1) is 15.7. The van der Waals surface area contributed by atoms with Gasteiger partial charge in [-0.15, -0.1) is 0 Å². The van der Waals surface area contributed by atoms with E-state index in [1.165, 1.54) is 0 Å². The molecule has 1 fully saturated rings. The van der Waals surface area contributed by atoms with Gasteiger partial charge in [0.15, 0.2) is 0 Å². The highest BCUT2D eigenvalue weighted by atomic mass is 16.6. The number of esters is 1. The SMILES string of the molecule is Cc1nn(-c2ccccc2)c(C)c1C(=O)OCC1CCCCO1. The van der Waals surface area contributed by atoms with Crippen LogP contribution in [0.1, 0.15) is 41.0 Å². The average Bonchev–Trinajstić information content (AvgIpc) is 2.89. The van der Waals surface area contributed by atoms with Crippen molar-refractivity contribution < 1.29 is 14.3 Å². The molecule has 2 heterocycles. The molecule has 5 heteroatoms. The lowest BCUT2D eigenvalue weighted by molar-refractivity contribution is -0.0300. The molecule has 3 rings (SSSR count). The number of carbonyl (C=O) groups excluding carboxylic acids is 1. The smallest absolute Gasteiger partial charge is 0.342 e. The lowest BCUT2D eigenvalue weighted by atomic mass is 10.1. The van der Waals surface area contributed by atoms with Crippen molar-refractivity contribution in [1.82, 2.24) is 9.78 Å². The van der Waals surface area contributed by atoms with Crippen LogP contribution in [0, 0.1) is 13.8 Å². The zero-order valence-corrected chi connectivity index (χ0v) is 13.6. The number of aryl methyl sites for hydroxylation is 1. The van der Waals surface area contributed by atoms with Crippen LogP contribution in [-0.4, -0.2) is 35.1 Å². The van der Waals surface area contributed by atoms with Crippen LogP contribution < -0.4 is 0 Å². The number of aromatic nitrogens is 2. The molecule has 1 aliphatic rings. The molecule has 0 aliphatic carbocycles. The molecule has 1 aliphatic heterocycles. The van der Waals surface area contributed by atoms with Crippen molar-refractivity contribution in [1.29, 1.82) is 0 Å². The summed E-state index contributed by atoms with van der Waals surface area (Å²) >= 11 is 0. The van der Waals surface area contributed by atoms with Crippen LogP contribution in [0.15, 0.2) is 30.3 Å². The average molecular weight is 314 g/mol. The molecule has 1 saturated heterocycles. The van der Waals surface area contributed by atoms with Gasteiger partial charge in [-0.05, 0) is 45.2 Å². The molecule has 1 unspecified atom stereocenters. The summed E-state index contributed by atoms with van der Waals surface area (Å²) < 4.78 is 12.8. The van der Waals surface area contributed by atoms with Crippen molar-refractivity contribution in [3.8, 4) is 5.69 Å². The normalized spacial score (nSPS) is 17.9. The third kappa shape index (κ3) is 3.45. The lowest BCUT2D eigenvalue weighted by Crippen LogP contribution is -2.26. The number of para-hydroxylation sites is 1. The van der Waals surface area contributed by atoms with Gasteiger partial charge >= 0.3 is 5.97 Å². The molecule has 0 bridgehead atoms. The van der Waals surface area contributed by atoms with E-state index in [2.05, 4.69) is 5.10 Å². The van der Waals surface area contributed by atoms with E-state index in [0.29, 0.717) is 17.9 Å². The van der Waals surface area contributed by atoms with Crippen molar-refractivity contribution in [2.75, 3.05) is 13.2 Å². The fourth-order valence-corrected chi connectivity index (χ4v) is 2.94. The van der Waals surface area contributed by atoms with Gasteiger partial charge in [0, 0.05) is 6.61 Å². The first-order chi connectivity index (χ1) is 11.2. The Morgan fingerprint density at radius 2 is 2.09 bits per heavy atom. The van der Waals surface area contributed by atoms with E-state index in [-0.39, 0.29) is 12.1 Å². The summed E-state index contributed by atoms with van der Waals surface area (Å²) in [7, 11) is 0. The summed E-state index contributed by atoms with van der Waals surface area (Å²) in [6.45, 7) is 4.79. The molecule has 0 N–H and O–H groups in total. The summed E-state index contributed by atoms with van der Waals surface area (Å²) in [5.74, 6) is -0.323. The van der Waals surface area contributed by atoms with Crippen molar-refractivity contribution in [3.05, 3.63) is 47.3 Å². The Bertz CT molecular complexity index is 673. The van der Waals surface area contributed by atoms with Crippen LogP contribution in [0.25, 0.3) is 5.69 Å². The van der Waals surface area contributed by atoms with E-state index in [1.54, 1.807) is 4.68 Å². The second kappa shape index (κ2) is 6.96. The van der Waals surface area contributed by atoms with Gasteiger partial charge in [-0.25, -0.2) is 9.48 Å². The van der Waals surface area contributed by atoms with Crippen LogP contribution in [0.3, 0.4) is 0 Å². The standard InChI is InChI=1S/C18H22N2O3/c1-13-17(18(21)23-12-16-10-6-7-11-22-16)14(2)20(19-13)15-8-4-3-5-9-15/h3-5,8-9,16H,6-7,10-12H2,1-2H3. The lowest BCUT2D eigenvalue weighted by Gasteiger charge is -2.22. The van der Waals surface area contributed by atoms with E-state index in [9.17, 15) is 4.79 Å². The monoisotopic (exact) mass is 314 g/mol. The summed E-state index contributed by atoms with van der Waals surface area (Å²) in [5, 5.41) is 4.48. The number of ether oxygens (including phenoxy) is 2. The van der Waals surface area contributed by atoms with E-state index < -0.39 is 0 Å². The third-order valence-electron chi connectivity index (χ3n) is 4.17. The minimum atomic E-state index is -0.323. The van der Waals surface area contributed by atoms with E-state index in [0.717, 1.165) is 37.3 Å².